The molecule has 2 N–H and O–H groups in total. The van der Waals surface area contributed by atoms with Crippen LogP contribution in [-0.4, -0.2) is 17.2 Å². The van der Waals surface area contributed by atoms with Gasteiger partial charge in [0.05, 0.1) is 18.0 Å². The molecule has 26 heavy (non-hydrogen) atoms. The van der Waals surface area contributed by atoms with Crippen LogP contribution in [0.4, 0.5) is 18.0 Å². The van der Waals surface area contributed by atoms with Gasteiger partial charge in [-0.1, -0.05) is 48.5 Å². The van der Waals surface area contributed by atoms with Gasteiger partial charge in [-0.05, 0) is 17.2 Å². The standard InChI is InChI=1S/C18H16F3NO4/c19-18(20,21)14-9-5-4-8-13(14)15(10-16(23)24)22-17(25)26-11-12-6-2-1-3-7-12/h1-9,15H,10-11H2,(H,22,25)(H,23,24). The lowest BCUT2D eigenvalue weighted by Crippen LogP contribution is -2.32. The van der Waals surface area contributed by atoms with E-state index in [-0.39, 0.29) is 12.2 Å². The number of nitrogens with one attached hydrogen (secondary N) is 1. The number of alkyl carbamates (subject to hydrolysis) is 1. The fourth-order valence-corrected chi connectivity index (χ4v) is 2.38. The van der Waals surface area contributed by atoms with Crippen LogP contribution in [0, 0.1) is 0 Å². The van der Waals surface area contributed by atoms with E-state index in [9.17, 15) is 22.8 Å². The number of carboxylic acids is 1. The molecule has 0 radical (unpaired) electrons. The predicted molar refractivity (Wildman–Crippen MR) is 86.2 cm³/mol. The largest absolute Gasteiger partial charge is 0.481 e. The average Bonchev–Trinajstić information content (AvgIpc) is 2.59. The summed E-state index contributed by atoms with van der Waals surface area (Å²) >= 11 is 0. The van der Waals surface area contributed by atoms with Gasteiger partial charge in [-0.15, -0.1) is 0 Å². The zero-order chi connectivity index (χ0) is 19.2. The van der Waals surface area contributed by atoms with E-state index >= 15 is 0 Å². The van der Waals surface area contributed by atoms with Gasteiger partial charge in [0.2, 0.25) is 0 Å². The van der Waals surface area contributed by atoms with Crippen LogP contribution in [0.1, 0.15) is 29.2 Å². The zero-order valence-corrected chi connectivity index (χ0v) is 13.5. The van der Waals surface area contributed by atoms with Crippen molar-refractivity contribution in [3.05, 3.63) is 71.3 Å². The third-order valence-corrected chi connectivity index (χ3v) is 3.53. The normalized spacial score (nSPS) is 12.3. The molecular formula is C18H16F3NO4. The van der Waals surface area contributed by atoms with E-state index in [0.717, 1.165) is 12.1 Å². The van der Waals surface area contributed by atoms with E-state index in [0.29, 0.717) is 5.56 Å². The molecule has 0 spiro atoms. The Morgan fingerprint density at radius 3 is 2.27 bits per heavy atom. The topological polar surface area (TPSA) is 75.6 Å². The Kier molecular flexibility index (Phi) is 6.21. The maximum atomic E-state index is 13.2. The van der Waals surface area contributed by atoms with Gasteiger partial charge < -0.3 is 15.2 Å². The number of halogens is 3. The van der Waals surface area contributed by atoms with Crippen LogP contribution in [0.5, 0.6) is 0 Å². The van der Waals surface area contributed by atoms with Crippen molar-refractivity contribution in [1.29, 1.82) is 0 Å². The quantitative estimate of drug-likeness (QED) is 0.804. The Bertz CT molecular complexity index is 763. The number of amides is 1. The summed E-state index contributed by atoms with van der Waals surface area (Å²) < 4.78 is 44.4. The number of aliphatic carboxylic acids is 1. The van der Waals surface area contributed by atoms with Gasteiger partial charge in [0, 0.05) is 0 Å². The summed E-state index contributed by atoms with van der Waals surface area (Å²) in [6.07, 6.45) is -6.40. The molecule has 0 saturated heterocycles. The predicted octanol–water partition coefficient (Wildman–Crippen LogP) is 4.15. The van der Waals surface area contributed by atoms with Gasteiger partial charge in [-0.25, -0.2) is 4.79 Å². The minimum absolute atomic E-state index is 0.0899. The van der Waals surface area contributed by atoms with Gasteiger partial charge >= 0.3 is 18.2 Å². The van der Waals surface area contributed by atoms with Crippen molar-refractivity contribution in [3.63, 3.8) is 0 Å². The molecule has 8 heteroatoms. The van der Waals surface area contributed by atoms with Gasteiger partial charge in [-0.2, -0.15) is 13.2 Å². The van der Waals surface area contributed by atoms with Crippen molar-refractivity contribution in [2.24, 2.45) is 0 Å². The summed E-state index contributed by atoms with van der Waals surface area (Å²) in [6, 6.07) is 11.8. The lowest BCUT2D eigenvalue weighted by molar-refractivity contribution is -0.140. The number of carbonyl (C=O) groups is 2. The summed E-state index contributed by atoms with van der Waals surface area (Å²) in [5.74, 6) is -1.35. The lowest BCUT2D eigenvalue weighted by Gasteiger charge is -2.21. The molecule has 2 aromatic carbocycles. The second-order valence-corrected chi connectivity index (χ2v) is 5.44. The molecule has 0 aliphatic rings. The molecular weight excluding hydrogens is 351 g/mol. The maximum absolute atomic E-state index is 13.2. The number of carboxylic acid groups (broad SMARTS) is 1. The van der Waals surface area contributed by atoms with E-state index in [1.165, 1.54) is 12.1 Å². The highest BCUT2D eigenvalue weighted by Gasteiger charge is 2.36. The fourth-order valence-electron chi connectivity index (χ4n) is 2.38. The summed E-state index contributed by atoms with van der Waals surface area (Å²) in [4.78, 5) is 23.0. The summed E-state index contributed by atoms with van der Waals surface area (Å²) in [5, 5.41) is 11.2. The molecule has 5 nitrogen and oxygen atoms in total. The van der Waals surface area contributed by atoms with Crippen molar-refractivity contribution in [1.82, 2.24) is 5.32 Å². The van der Waals surface area contributed by atoms with Crippen LogP contribution in [0.2, 0.25) is 0 Å². The first-order valence-electron chi connectivity index (χ1n) is 7.62. The minimum atomic E-state index is -4.68. The molecule has 0 fully saturated rings. The number of hydrogen-bond acceptors (Lipinski definition) is 3. The first kappa shape index (κ1) is 19.3. The Hall–Kier alpha value is -3.03. The number of carbonyl (C=O) groups excluding carboxylic acids is 1. The molecule has 1 unspecified atom stereocenters. The SMILES string of the molecule is O=C(O)CC(NC(=O)OCc1ccccc1)c1ccccc1C(F)(F)F. The maximum Gasteiger partial charge on any atom is 0.416 e. The molecule has 2 aromatic rings. The molecule has 0 aliphatic carbocycles. The van der Waals surface area contributed by atoms with Crippen LogP contribution >= 0.6 is 0 Å². The highest BCUT2D eigenvalue weighted by Crippen LogP contribution is 2.35. The zero-order valence-electron chi connectivity index (χ0n) is 13.5. The molecule has 0 bridgehead atoms. The van der Waals surface area contributed by atoms with E-state index in [4.69, 9.17) is 9.84 Å². The highest BCUT2D eigenvalue weighted by atomic mass is 19.4. The summed E-state index contributed by atoms with van der Waals surface area (Å²) in [7, 11) is 0. The van der Waals surface area contributed by atoms with Gasteiger partial charge in [0.25, 0.3) is 0 Å². The number of alkyl halides is 3. The van der Waals surface area contributed by atoms with Gasteiger partial charge in [-0.3, -0.25) is 4.79 Å². The Labute approximate surface area is 147 Å². The molecule has 0 saturated carbocycles. The Balaban J connectivity index is 2.15. The molecule has 0 aliphatic heterocycles. The molecule has 2 rings (SSSR count). The highest BCUT2D eigenvalue weighted by molar-refractivity contribution is 5.72. The Morgan fingerprint density at radius 1 is 1.04 bits per heavy atom. The molecule has 0 heterocycles. The van der Waals surface area contributed by atoms with Crippen LogP contribution in [0.3, 0.4) is 0 Å². The fraction of sp³-hybridized carbons (Fsp3) is 0.222. The van der Waals surface area contributed by atoms with E-state index in [2.05, 4.69) is 5.32 Å². The van der Waals surface area contributed by atoms with Gasteiger partial charge in [0.15, 0.2) is 0 Å². The number of benzene rings is 2. The second kappa shape index (κ2) is 8.37. The molecule has 1 atom stereocenters. The van der Waals surface area contributed by atoms with Crippen LogP contribution < -0.4 is 5.32 Å². The van der Waals surface area contributed by atoms with Crippen LogP contribution in [0.25, 0.3) is 0 Å². The first-order chi connectivity index (χ1) is 12.3. The van der Waals surface area contributed by atoms with Crippen molar-refractivity contribution < 1.29 is 32.6 Å². The average molecular weight is 367 g/mol. The monoisotopic (exact) mass is 367 g/mol. The van der Waals surface area contributed by atoms with Crippen molar-refractivity contribution in [3.8, 4) is 0 Å². The van der Waals surface area contributed by atoms with E-state index in [1.54, 1.807) is 30.3 Å². The van der Waals surface area contributed by atoms with Crippen LogP contribution in [-0.2, 0) is 22.3 Å². The third-order valence-electron chi connectivity index (χ3n) is 3.53. The number of rotatable bonds is 6. The van der Waals surface area contributed by atoms with Crippen LogP contribution in [0.15, 0.2) is 54.6 Å². The molecule has 0 aromatic heterocycles. The van der Waals surface area contributed by atoms with Gasteiger partial charge in [0.1, 0.15) is 6.61 Å². The lowest BCUT2D eigenvalue weighted by atomic mass is 9.97. The minimum Gasteiger partial charge on any atom is -0.481 e. The van der Waals surface area contributed by atoms with Crippen molar-refractivity contribution in [2.75, 3.05) is 0 Å². The first-order valence-corrected chi connectivity index (χ1v) is 7.62. The number of ether oxygens (including phenoxy) is 1. The van der Waals surface area contributed by atoms with E-state index < -0.39 is 36.3 Å². The molecule has 1 amide bonds. The number of hydrogen-bond donors (Lipinski definition) is 2. The third kappa shape index (κ3) is 5.51. The second-order valence-electron chi connectivity index (χ2n) is 5.44. The smallest absolute Gasteiger partial charge is 0.416 e. The summed E-state index contributed by atoms with van der Waals surface area (Å²) in [6.45, 7) is -0.0899. The van der Waals surface area contributed by atoms with E-state index in [1.807, 2.05) is 0 Å². The summed E-state index contributed by atoms with van der Waals surface area (Å²) in [5.41, 5.74) is -0.651. The Morgan fingerprint density at radius 2 is 1.65 bits per heavy atom. The van der Waals surface area contributed by atoms with Crippen molar-refractivity contribution in [2.45, 2.75) is 25.2 Å². The van der Waals surface area contributed by atoms with Crippen molar-refractivity contribution >= 4 is 12.1 Å². The molecule has 138 valence electrons.